The molecular formula is C19H14ClN3O6S. The third kappa shape index (κ3) is 5.10. The molecule has 30 heavy (non-hydrogen) atoms. The van der Waals surface area contributed by atoms with E-state index in [4.69, 9.17) is 21.1 Å². The smallest absolute Gasteiger partial charge is 0.358 e. The summed E-state index contributed by atoms with van der Waals surface area (Å²) < 4.78 is 9.89. The van der Waals surface area contributed by atoms with Gasteiger partial charge in [-0.3, -0.25) is 14.9 Å². The Morgan fingerprint density at radius 3 is 2.63 bits per heavy atom. The Kier molecular flexibility index (Phi) is 6.60. The molecule has 3 aromatic rings. The van der Waals surface area contributed by atoms with E-state index in [-0.39, 0.29) is 22.8 Å². The van der Waals surface area contributed by atoms with Crippen molar-refractivity contribution in [1.82, 2.24) is 4.98 Å². The van der Waals surface area contributed by atoms with Crippen molar-refractivity contribution in [2.75, 3.05) is 19.0 Å². The normalized spacial score (nSPS) is 10.3. The molecule has 3 rings (SSSR count). The van der Waals surface area contributed by atoms with Gasteiger partial charge in [-0.25, -0.2) is 9.78 Å². The number of anilines is 1. The van der Waals surface area contributed by atoms with E-state index in [1.807, 2.05) is 0 Å². The zero-order valence-electron chi connectivity index (χ0n) is 15.5. The summed E-state index contributed by atoms with van der Waals surface area (Å²) in [6, 6.07) is 10.9. The maximum absolute atomic E-state index is 12.2. The highest BCUT2D eigenvalue weighted by molar-refractivity contribution is 7.13. The van der Waals surface area contributed by atoms with Crippen molar-refractivity contribution in [3.05, 3.63) is 68.7 Å². The van der Waals surface area contributed by atoms with Gasteiger partial charge < -0.3 is 14.8 Å². The quantitative estimate of drug-likeness (QED) is 0.327. The molecule has 0 fully saturated rings. The standard InChI is InChI=1S/C19H14ClN3O6S/c1-28-13-6-7-14(16(8-13)23(26)27)21-17(24)9-29-19(25)15-10-30-18(22-15)11-2-4-12(20)5-3-11/h2-8,10H,9H2,1H3,(H,21,24). The van der Waals surface area contributed by atoms with Crippen LogP contribution in [0.4, 0.5) is 11.4 Å². The molecule has 0 saturated carbocycles. The number of esters is 1. The molecule has 0 atom stereocenters. The molecule has 9 nitrogen and oxygen atoms in total. The Balaban J connectivity index is 1.61. The Morgan fingerprint density at radius 1 is 1.23 bits per heavy atom. The van der Waals surface area contributed by atoms with Crippen LogP contribution in [0.5, 0.6) is 5.75 Å². The van der Waals surface area contributed by atoms with Gasteiger partial charge in [0.05, 0.1) is 18.1 Å². The van der Waals surface area contributed by atoms with Gasteiger partial charge in [-0.2, -0.15) is 0 Å². The van der Waals surface area contributed by atoms with Crippen molar-refractivity contribution in [2.24, 2.45) is 0 Å². The average molecular weight is 448 g/mol. The number of methoxy groups -OCH3 is 1. The molecule has 1 N–H and O–H groups in total. The van der Waals surface area contributed by atoms with Crippen molar-refractivity contribution < 1.29 is 24.0 Å². The van der Waals surface area contributed by atoms with Crippen LogP contribution in [0.2, 0.25) is 5.02 Å². The van der Waals surface area contributed by atoms with E-state index in [2.05, 4.69) is 10.3 Å². The highest BCUT2D eigenvalue weighted by Crippen LogP contribution is 2.29. The SMILES string of the molecule is COc1ccc(NC(=O)COC(=O)c2csc(-c3ccc(Cl)cc3)n2)c([N+](=O)[O-])c1. The number of hydrogen-bond acceptors (Lipinski definition) is 8. The second kappa shape index (κ2) is 9.33. The van der Waals surface area contributed by atoms with E-state index >= 15 is 0 Å². The van der Waals surface area contributed by atoms with Gasteiger partial charge in [0.2, 0.25) is 0 Å². The second-order valence-corrected chi connectivity index (χ2v) is 7.10. The van der Waals surface area contributed by atoms with Crippen molar-refractivity contribution in [3.8, 4) is 16.3 Å². The lowest BCUT2D eigenvalue weighted by Crippen LogP contribution is -2.21. The summed E-state index contributed by atoms with van der Waals surface area (Å²) in [6.45, 7) is -0.629. The largest absolute Gasteiger partial charge is 0.496 e. The molecule has 1 aromatic heterocycles. The average Bonchev–Trinajstić information content (AvgIpc) is 3.23. The van der Waals surface area contributed by atoms with E-state index in [1.54, 1.807) is 24.3 Å². The number of nitro benzene ring substituents is 1. The van der Waals surface area contributed by atoms with Gasteiger partial charge in [-0.1, -0.05) is 23.7 Å². The molecule has 2 aromatic carbocycles. The second-order valence-electron chi connectivity index (χ2n) is 5.81. The zero-order chi connectivity index (χ0) is 21.7. The van der Waals surface area contributed by atoms with Gasteiger partial charge >= 0.3 is 5.97 Å². The van der Waals surface area contributed by atoms with Crippen LogP contribution in [-0.2, 0) is 9.53 Å². The van der Waals surface area contributed by atoms with Crippen LogP contribution in [-0.4, -0.2) is 35.5 Å². The number of nitrogens with one attached hydrogen (secondary N) is 1. The molecular weight excluding hydrogens is 434 g/mol. The minimum absolute atomic E-state index is 0.0412. The van der Waals surface area contributed by atoms with Crippen molar-refractivity contribution >= 4 is 46.2 Å². The van der Waals surface area contributed by atoms with Gasteiger partial charge in [-0.05, 0) is 24.3 Å². The van der Waals surface area contributed by atoms with Crippen LogP contribution >= 0.6 is 22.9 Å². The van der Waals surface area contributed by atoms with Crippen molar-refractivity contribution in [2.45, 2.75) is 0 Å². The fourth-order valence-electron chi connectivity index (χ4n) is 2.38. The molecule has 0 spiro atoms. The summed E-state index contributed by atoms with van der Waals surface area (Å²) in [5.41, 5.74) is 0.447. The van der Waals surface area contributed by atoms with Crippen LogP contribution in [0, 0.1) is 10.1 Å². The first-order valence-corrected chi connectivity index (χ1v) is 9.64. The van der Waals surface area contributed by atoms with Crippen LogP contribution in [0.15, 0.2) is 47.8 Å². The number of thiazole rings is 1. The Labute approximate surface area is 179 Å². The molecule has 0 aliphatic heterocycles. The van der Waals surface area contributed by atoms with E-state index in [9.17, 15) is 19.7 Å². The van der Waals surface area contributed by atoms with Gasteiger partial charge in [0.25, 0.3) is 11.6 Å². The number of halogens is 1. The number of benzene rings is 2. The Morgan fingerprint density at radius 2 is 1.97 bits per heavy atom. The molecule has 0 unspecified atom stereocenters. The lowest BCUT2D eigenvalue weighted by atomic mass is 10.2. The summed E-state index contributed by atoms with van der Waals surface area (Å²) in [6.07, 6.45) is 0. The minimum atomic E-state index is -0.786. The molecule has 11 heteroatoms. The molecule has 0 saturated heterocycles. The molecule has 0 aliphatic carbocycles. The third-order valence-electron chi connectivity index (χ3n) is 3.81. The third-order valence-corrected chi connectivity index (χ3v) is 4.96. The van der Waals surface area contributed by atoms with E-state index in [1.165, 1.54) is 42.0 Å². The topological polar surface area (TPSA) is 121 Å². The molecule has 0 radical (unpaired) electrons. The first-order valence-electron chi connectivity index (χ1n) is 8.38. The number of ether oxygens (including phenoxy) is 2. The molecule has 0 aliphatic rings. The zero-order valence-corrected chi connectivity index (χ0v) is 17.0. The van der Waals surface area contributed by atoms with Crippen LogP contribution in [0.1, 0.15) is 10.5 Å². The highest BCUT2D eigenvalue weighted by atomic mass is 35.5. The predicted octanol–water partition coefficient (Wildman–Crippen LogP) is 4.18. The molecule has 154 valence electrons. The fourth-order valence-corrected chi connectivity index (χ4v) is 3.30. The number of hydrogen-bond donors (Lipinski definition) is 1. The minimum Gasteiger partial charge on any atom is -0.496 e. The van der Waals surface area contributed by atoms with Crippen LogP contribution in [0.25, 0.3) is 10.6 Å². The Bertz CT molecular complexity index is 1100. The summed E-state index contributed by atoms with van der Waals surface area (Å²) >= 11 is 7.09. The summed E-state index contributed by atoms with van der Waals surface area (Å²) in [7, 11) is 1.37. The summed E-state index contributed by atoms with van der Waals surface area (Å²) in [4.78, 5) is 38.9. The van der Waals surface area contributed by atoms with Crippen molar-refractivity contribution in [3.63, 3.8) is 0 Å². The summed E-state index contributed by atoms with van der Waals surface area (Å²) in [5, 5.41) is 16.2. The van der Waals surface area contributed by atoms with Gasteiger partial charge in [0.1, 0.15) is 16.4 Å². The number of amides is 1. The van der Waals surface area contributed by atoms with Gasteiger partial charge in [-0.15, -0.1) is 11.3 Å². The Hall–Kier alpha value is -3.50. The number of carbonyl (C=O) groups excluding carboxylic acids is 2. The maximum Gasteiger partial charge on any atom is 0.358 e. The molecule has 1 amide bonds. The predicted molar refractivity (Wildman–Crippen MR) is 111 cm³/mol. The number of aromatic nitrogens is 1. The van der Waals surface area contributed by atoms with Gasteiger partial charge in [0, 0.05) is 16.0 Å². The lowest BCUT2D eigenvalue weighted by Gasteiger charge is -2.07. The number of nitro groups is 1. The molecule has 1 heterocycles. The first kappa shape index (κ1) is 21.2. The van der Waals surface area contributed by atoms with Gasteiger partial charge in [0.15, 0.2) is 12.3 Å². The van der Waals surface area contributed by atoms with E-state index < -0.39 is 23.4 Å². The number of carbonyl (C=O) groups is 2. The van der Waals surface area contributed by atoms with E-state index in [0.29, 0.717) is 10.0 Å². The van der Waals surface area contributed by atoms with Crippen molar-refractivity contribution in [1.29, 1.82) is 0 Å². The van der Waals surface area contributed by atoms with E-state index in [0.717, 1.165) is 5.56 Å². The number of rotatable bonds is 7. The highest BCUT2D eigenvalue weighted by Gasteiger charge is 2.19. The first-order chi connectivity index (χ1) is 14.4. The maximum atomic E-state index is 12.2. The number of nitrogens with zero attached hydrogens (tertiary/aromatic N) is 2. The fraction of sp³-hybridized carbons (Fsp3) is 0.105. The summed E-state index contributed by atoms with van der Waals surface area (Å²) in [5.74, 6) is -1.25. The lowest BCUT2D eigenvalue weighted by molar-refractivity contribution is -0.384. The van der Waals surface area contributed by atoms with Crippen LogP contribution in [0.3, 0.4) is 0 Å². The monoisotopic (exact) mass is 447 g/mol. The van der Waals surface area contributed by atoms with Crippen LogP contribution < -0.4 is 10.1 Å². The molecule has 0 bridgehead atoms.